The van der Waals surface area contributed by atoms with E-state index < -0.39 is 0 Å². The summed E-state index contributed by atoms with van der Waals surface area (Å²) < 4.78 is 7.34. The molecule has 1 heteroatoms. The molecule has 1 heterocycles. The fraction of sp³-hybridized carbons (Fsp3) is 0.269. The van der Waals surface area contributed by atoms with E-state index in [1.807, 2.05) is 0 Å². The lowest BCUT2D eigenvalue weighted by molar-refractivity contribution is 0.448. The van der Waals surface area contributed by atoms with Crippen molar-refractivity contribution < 1.29 is 4.74 Å². The van der Waals surface area contributed by atoms with Crippen molar-refractivity contribution in [2.24, 2.45) is 0 Å². The molecule has 7 aromatic carbocycles. The van der Waals surface area contributed by atoms with Gasteiger partial charge in [0.25, 0.3) is 0 Å². The summed E-state index contributed by atoms with van der Waals surface area (Å²) in [5.74, 6) is 2.07. The summed E-state index contributed by atoms with van der Waals surface area (Å²) in [6.45, 7) is 27.6. The van der Waals surface area contributed by atoms with Crippen LogP contribution in [0.2, 0.25) is 0 Å². The van der Waals surface area contributed by atoms with Crippen molar-refractivity contribution in [2.75, 3.05) is 0 Å². The predicted octanol–water partition coefficient (Wildman–Crippen LogP) is 15.0. The summed E-state index contributed by atoms with van der Waals surface area (Å²) in [6.07, 6.45) is 0. The van der Waals surface area contributed by atoms with Crippen LogP contribution in [0.5, 0.6) is 11.5 Å². The van der Waals surface area contributed by atoms with Crippen LogP contribution >= 0.6 is 0 Å². The van der Waals surface area contributed by atoms with Crippen molar-refractivity contribution in [3.8, 4) is 33.8 Å². The number of fused-ring (bicyclic) bond motifs is 6. The quantitative estimate of drug-likeness (QED) is 0.179. The highest BCUT2D eigenvalue weighted by Gasteiger charge is 2.38. The lowest BCUT2D eigenvalue weighted by atomic mass is 9.72. The summed E-state index contributed by atoms with van der Waals surface area (Å²) in [6, 6.07) is 29.0. The van der Waals surface area contributed by atoms with Gasteiger partial charge < -0.3 is 4.74 Å². The van der Waals surface area contributed by atoms with E-state index in [-0.39, 0.29) is 13.3 Å². The Morgan fingerprint density at radius 2 is 0.623 bits per heavy atom. The molecule has 0 atom stereocenters. The summed E-state index contributed by atoms with van der Waals surface area (Å²) in [7, 11) is 0. The molecule has 0 bridgehead atoms. The lowest BCUT2D eigenvalue weighted by Gasteiger charge is -2.36. The molecule has 0 saturated carbocycles. The molecular formula is C52H54O. The molecule has 0 unspecified atom stereocenters. The Morgan fingerprint density at radius 1 is 0.321 bits per heavy atom. The van der Waals surface area contributed by atoms with E-state index in [1.54, 1.807) is 0 Å². The zero-order valence-corrected chi connectivity index (χ0v) is 33.0. The smallest absolute Gasteiger partial charge is 0.135 e. The number of hydrogen-bond donors (Lipinski definition) is 0. The van der Waals surface area contributed by atoms with Crippen LogP contribution < -0.4 is 4.74 Å². The molecule has 0 N–H and O–H groups in total. The largest absolute Gasteiger partial charge is 0.456 e. The van der Waals surface area contributed by atoms with E-state index in [4.69, 9.17) is 4.74 Å². The first-order chi connectivity index (χ1) is 24.8. The maximum absolute atomic E-state index is 7.34. The minimum absolute atomic E-state index is 0. The highest BCUT2D eigenvalue weighted by atomic mass is 16.5. The van der Waals surface area contributed by atoms with Crippen molar-refractivity contribution in [1.29, 1.82) is 0 Å². The third kappa shape index (κ3) is 5.19. The standard InChI is InChI=1S/C51H50O.CH4/c1-26-28(3)32(7)45-43(30(26)5)34(9)36(11)50-48(45)47(49-46-33(8)29(4)27(2)31(6)44(46)35(10)37(12)51(49)52-50)42-24-22-41(23-25-42)40-20-18-39(19-21-40)38-16-14-13-15-17-38;/h13-25,47H,1-12H3;1H4. The second-order valence-corrected chi connectivity index (χ2v) is 15.6. The average Bonchev–Trinajstić information content (AvgIpc) is 3.17. The van der Waals surface area contributed by atoms with Crippen LogP contribution in [0.3, 0.4) is 0 Å². The molecule has 0 aliphatic carbocycles. The zero-order valence-electron chi connectivity index (χ0n) is 33.0. The Hall–Kier alpha value is -5.14. The van der Waals surface area contributed by atoms with E-state index in [1.165, 1.54) is 127 Å². The van der Waals surface area contributed by atoms with E-state index in [2.05, 4.69) is 162 Å². The number of hydrogen-bond acceptors (Lipinski definition) is 1. The highest BCUT2D eigenvalue weighted by Crippen LogP contribution is 2.58. The van der Waals surface area contributed by atoms with E-state index in [9.17, 15) is 0 Å². The van der Waals surface area contributed by atoms with Crippen molar-refractivity contribution in [1.82, 2.24) is 0 Å². The third-order valence-electron chi connectivity index (χ3n) is 13.3. The van der Waals surface area contributed by atoms with E-state index in [0.29, 0.717) is 0 Å². The van der Waals surface area contributed by atoms with Crippen LogP contribution in [0.4, 0.5) is 0 Å². The Morgan fingerprint density at radius 3 is 1.00 bits per heavy atom. The molecule has 1 aliphatic heterocycles. The summed E-state index contributed by atoms with van der Waals surface area (Å²) in [5.41, 5.74) is 25.0. The number of rotatable bonds is 3. The van der Waals surface area contributed by atoms with Gasteiger partial charge in [-0.05, 0) is 199 Å². The number of aryl methyl sites for hydroxylation is 6. The van der Waals surface area contributed by atoms with Crippen LogP contribution in [0.1, 0.15) is 96.8 Å². The molecule has 0 radical (unpaired) electrons. The Balaban J connectivity index is 0.00000435. The molecule has 0 amide bonds. The van der Waals surface area contributed by atoms with Crippen molar-refractivity contribution in [3.05, 3.63) is 162 Å². The van der Waals surface area contributed by atoms with Gasteiger partial charge in [-0.1, -0.05) is 86.3 Å². The van der Waals surface area contributed by atoms with Gasteiger partial charge in [0.05, 0.1) is 0 Å². The highest BCUT2D eigenvalue weighted by molar-refractivity contribution is 6.04. The summed E-state index contributed by atoms with van der Waals surface area (Å²) in [4.78, 5) is 0. The average molecular weight is 695 g/mol. The fourth-order valence-electron chi connectivity index (χ4n) is 9.33. The van der Waals surface area contributed by atoms with Gasteiger partial charge in [-0.15, -0.1) is 0 Å². The van der Waals surface area contributed by atoms with Gasteiger partial charge >= 0.3 is 0 Å². The van der Waals surface area contributed by atoms with Crippen LogP contribution in [0.25, 0.3) is 43.8 Å². The number of ether oxygens (including phenoxy) is 1. The Bertz CT molecular complexity index is 2500. The van der Waals surface area contributed by atoms with Gasteiger partial charge in [-0.2, -0.15) is 0 Å². The maximum atomic E-state index is 7.34. The van der Waals surface area contributed by atoms with Crippen LogP contribution in [-0.2, 0) is 0 Å². The molecule has 268 valence electrons. The maximum Gasteiger partial charge on any atom is 0.135 e. The molecule has 0 aromatic heterocycles. The summed E-state index contributed by atoms with van der Waals surface area (Å²) in [5, 5.41) is 5.49. The molecule has 8 rings (SSSR count). The van der Waals surface area contributed by atoms with E-state index in [0.717, 1.165) is 11.5 Å². The topological polar surface area (TPSA) is 9.23 Å². The first-order valence-corrected chi connectivity index (χ1v) is 18.8. The normalized spacial score (nSPS) is 12.5. The lowest BCUT2D eigenvalue weighted by Crippen LogP contribution is -2.18. The molecule has 1 aliphatic rings. The predicted molar refractivity (Wildman–Crippen MR) is 230 cm³/mol. The first kappa shape index (κ1) is 36.2. The molecule has 0 spiro atoms. The van der Waals surface area contributed by atoms with Gasteiger partial charge in [0.15, 0.2) is 0 Å². The SMILES string of the molecule is C.Cc1c(C)c(C)c2c3c(c(C)c(C)c2c1C)Oc1c(C)c(C)c2c(C)c(C)c(C)c(C)c2c1C3c1ccc(-c2ccc(-c3ccccc3)cc2)cc1. The van der Waals surface area contributed by atoms with E-state index >= 15 is 0 Å². The van der Waals surface area contributed by atoms with Crippen LogP contribution in [0, 0.1) is 83.1 Å². The van der Waals surface area contributed by atoms with Crippen LogP contribution in [-0.4, -0.2) is 0 Å². The third-order valence-corrected chi connectivity index (χ3v) is 13.3. The minimum Gasteiger partial charge on any atom is -0.456 e. The first-order valence-electron chi connectivity index (χ1n) is 18.8. The molecule has 7 aromatic rings. The fourth-order valence-corrected chi connectivity index (χ4v) is 9.33. The second kappa shape index (κ2) is 13.1. The molecule has 53 heavy (non-hydrogen) atoms. The number of benzene rings is 7. The van der Waals surface area contributed by atoms with Crippen LogP contribution in [0.15, 0.2) is 78.9 Å². The van der Waals surface area contributed by atoms with Gasteiger partial charge in [-0.3, -0.25) is 0 Å². The van der Waals surface area contributed by atoms with Crippen molar-refractivity contribution in [2.45, 2.75) is 96.4 Å². The van der Waals surface area contributed by atoms with Crippen molar-refractivity contribution >= 4 is 21.5 Å². The van der Waals surface area contributed by atoms with Crippen molar-refractivity contribution in [3.63, 3.8) is 0 Å². The zero-order chi connectivity index (χ0) is 36.9. The summed E-state index contributed by atoms with van der Waals surface area (Å²) >= 11 is 0. The van der Waals surface area contributed by atoms with Gasteiger partial charge in [-0.25, -0.2) is 0 Å². The Labute approximate surface area is 317 Å². The van der Waals surface area contributed by atoms with Gasteiger partial charge in [0, 0.05) is 17.0 Å². The molecule has 0 fully saturated rings. The monoisotopic (exact) mass is 694 g/mol. The minimum atomic E-state index is -0.00253. The van der Waals surface area contributed by atoms with Gasteiger partial charge in [0.1, 0.15) is 11.5 Å². The molecular weight excluding hydrogens is 641 g/mol. The molecule has 0 saturated heterocycles. The molecule has 1 nitrogen and oxygen atoms in total. The van der Waals surface area contributed by atoms with Gasteiger partial charge in [0.2, 0.25) is 0 Å². The second-order valence-electron chi connectivity index (χ2n) is 15.6. The Kier molecular flexibility index (Phi) is 8.93.